The van der Waals surface area contributed by atoms with Crippen LogP contribution in [0.4, 0.5) is 0 Å². The summed E-state index contributed by atoms with van der Waals surface area (Å²) < 4.78 is 0. The van der Waals surface area contributed by atoms with Crippen LogP contribution >= 0.6 is 0 Å². The van der Waals surface area contributed by atoms with Gasteiger partial charge in [0.1, 0.15) is 0 Å². The first-order valence-electron chi connectivity index (χ1n) is 8.89. The monoisotopic (exact) mass is 300 g/mol. The van der Waals surface area contributed by atoms with Crippen molar-refractivity contribution in [3.63, 3.8) is 0 Å². The molecule has 1 aromatic carbocycles. The average molecular weight is 300 g/mol. The molecular weight excluding hydrogens is 272 g/mol. The molecule has 2 heterocycles. The molecule has 2 aliphatic rings. The Morgan fingerprint density at radius 1 is 0.955 bits per heavy atom. The van der Waals surface area contributed by atoms with E-state index in [1.807, 2.05) is 18.2 Å². The molecule has 2 aliphatic heterocycles. The molecule has 0 aliphatic carbocycles. The standard InChI is InChI=1S/C19H28N2O/c22-19(10-9-17-7-3-1-4-8-17)21-15-11-18(12-16-21)20-13-5-2-6-14-20/h1,3-4,7-8,18H,2,5-6,9-16H2. The van der Waals surface area contributed by atoms with Gasteiger partial charge in [0, 0.05) is 25.6 Å². The summed E-state index contributed by atoms with van der Waals surface area (Å²) in [5.41, 5.74) is 1.26. The summed E-state index contributed by atoms with van der Waals surface area (Å²) in [5, 5.41) is 0. The normalized spacial score (nSPS) is 21.0. The lowest BCUT2D eigenvalue weighted by Gasteiger charge is -2.40. The van der Waals surface area contributed by atoms with E-state index in [9.17, 15) is 4.79 Å². The Bertz CT molecular complexity index is 460. The largest absolute Gasteiger partial charge is 0.343 e. The predicted octanol–water partition coefficient (Wildman–Crippen LogP) is 3.10. The molecule has 3 heteroatoms. The van der Waals surface area contributed by atoms with E-state index in [0.29, 0.717) is 12.3 Å². The molecule has 120 valence electrons. The van der Waals surface area contributed by atoms with Gasteiger partial charge in [0.2, 0.25) is 5.91 Å². The SMILES string of the molecule is O=C(CCc1ccccc1)N1CCC(N2CCCCC2)CC1. The highest BCUT2D eigenvalue weighted by molar-refractivity contribution is 5.76. The zero-order valence-electron chi connectivity index (χ0n) is 13.5. The third-order valence-electron chi connectivity index (χ3n) is 5.19. The predicted molar refractivity (Wildman–Crippen MR) is 89.8 cm³/mol. The topological polar surface area (TPSA) is 23.6 Å². The fraction of sp³-hybridized carbons (Fsp3) is 0.632. The molecule has 3 nitrogen and oxygen atoms in total. The quantitative estimate of drug-likeness (QED) is 0.853. The minimum absolute atomic E-state index is 0.334. The van der Waals surface area contributed by atoms with Gasteiger partial charge in [-0.3, -0.25) is 4.79 Å². The van der Waals surface area contributed by atoms with E-state index in [2.05, 4.69) is 21.9 Å². The molecule has 0 spiro atoms. The maximum Gasteiger partial charge on any atom is 0.222 e. The van der Waals surface area contributed by atoms with Gasteiger partial charge >= 0.3 is 0 Å². The van der Waals surface area contributed by atoms with Crippen molar-refractivity contribution in [3.8, 4) is 0 Å². The zero-order valence-corrected chi connectivity index (χ0v) is 13.5. The molecule has 0 N–H and O–H groups in total. The average Bonchev–Trinajstić information content (AvgIpc) is 2.61. The summed E-state index contributed by atoms with van der Waals surface area (Å²) in [6.45, 7) is 4.45. The highest BCUT2D eigenvalue weighted by atomic mass is 16.2. The summed E-state index contributed by atoms with van der Waals surface area (Å²) in [4.78, 5) is 17.1. The van der Waals surface area contributed by atoms with E-state index >= 15 is 0 Å². The van der Waals surface area contributed by atoms with Gasteiger partial charge in [-0.05, 0) is 50.8 Å². The number of nitrogens with zero attached hydrogens (tertiary/aromatic N) is 2. The second-order valence-corrected chi connectivity index (χ2v) is 6.69. The van der Waals surface area contributed by atoms with Crippen LogP contribution in [0.15, 0.2) is 30.3 Å². The van der Waals surface area contributed by atoms with Gasteiger partial charge in [-0.1, -0.05) is 36.8 Å². The Hall–Kier alpha value is -1.35. The highest BCUT2D eigenvalue weighted by Gasteiger charge is 2.27. The van der Waals surface area contributed by atoms with E-state index in [4.69, 9.17) is 0 Å². The molecule has 2 saturated heterocycles. The molecule has 0 atom stereocenters. The van der Waals surface area contributed by atoms with Gasteiger partial charge in [0.05, 0.1) is 0 Å². The Morgan fingerprint density at radius 2 is 1.64 bits per heavy atom. The molecule has 3 rings (SSSR count). The minimum Gasteiger partial charge on any atom is -0.343 e. The van der Waals surface area contributed by atoms with Crippen molar-refractivity contribution >= 4 is 5.91 Å². The first-order valence-corrected chi connectivity index (χ1v) is 8.89. The summed E-state index contributed by atoms with van der Waals surface area (Å²) >= 11 is 0. The number of piperidine rings is 2. The number of hydrogen-bond acceptors (Lipinski definition) is 2. The molecule has 0 aromatic heterocycles. The molecule has 0 unspecified atom stereocenters. The van der Waals surface area contributed by atoms with Crippen molar-refractivity contribution in [2.45, 2.75) is 51.0 Å². The van der Waals surface area contributed by atoms with E-state index < -0.39 is 0 Å². The van der Waals surface area contributed by atoms with Gasteiger partial charge in [0.25, 0.3) is 0 Å². The second-order valence-electron chi connectivity index (χ2n) is 6.69. The number of hydrogen-bond donors (Lipinski definition) is 0. The fourth-order valence-corrected chi connectivity index (χ4v) is 3.82. The van der Waals surface area contributed by atoms with Crippen molar-refractivity contribution in [1.82, 2.24) is 9.80 Å². The van der Waals surface area contributed by atoms with Gasteiger partial charge in [-0.25, -0.2) is 0 Å². The number of aryl methyl sites for hydroxylation is 1. The van der Waals surface area contributed by atoms with Gasteiger partial charge in [0.15, 0.2) is 0 Å². The van der Waals surface area contributed by atoms with Crippen LogP contribution in [0.25, 0.3) is 0 Å². The number of rotatable bonds is 4. The molecule has 0 radical (unpaired) electrons. The first-order chi connectivity index (χ1) is 10.8. The van der Waals surface area contributed by atoms with Crippen molar-refractivity contribution in [2.24, 2.45) is 0 Å². The van der Waals surface area contributed by atoms with Crippen LogP contribution in [-0.2, 0) is 11.2 Å². The summed E-state index contributed by atoms with van der Waals surface area (Å²) in [5.74, 6) is 0.334. The lowest BCUT2D eigenvalue weighted by atomic mass is 9.99. The Balaban J connectivity index is 1.41. The molecule has 2 fully saturated rings. The van der Waals surface area contributed by atoms with Gasteiger partial charge < -0.3 is 9.80 Å². The van der Waals surface area contributed by atoms with E-state index in [-0.39, 0.29) is 0 Å². The lowest BCUT2D eigenvalue weighted by Crippen LogP contribution is -2.48. The molecule has 1 amide bonds. The van der Waals surface area contributed by atoms with Crippen LogP contribution in [-0.4, -0.2) is 47.9 Å². The Kier molecular flexibility index (Phi) is 5.49. The number of carbonyl (C=O) groups excluding carboxylic acids is 1. The maximum atomic E-state index is 12.4. The first kappa shape index (κ1) is 15.5. The molecule has 1 aromatic rings. The smallest absolute Gasteiger partial charge is 0.222 e. The minimum atomic E-state index is 0.334. The third kappa shape index (κ3) is 4.10. The van der Waals surface area contributed by atoms with Crippen LogP contribution in [0.1, 0.15) is 44.1 Å². The Morgan fingerprint density at radius 3 is 2.32 bits per heavy atom. The summed E-state index contributed by atoms with van der Waals surface area (Å²) in [7, 11) is 0. The summed E-state index contributed by atoms with van der Waals surface area (Å²) in [6.07, 6.45) is 7.96. The number of carbonyl (C=O) groups is 1. The van der Waals surface area contributed by atoms with Crippen molar-refractivity contribution < 1.29 is 4.79 Å². The fourth-order valence-electron chi connectivity index (χ4n) is 3.82. The molecular formula is C19H28N2O. The van der Waals surface area contributed by atoms with Crippen LogP contribution in [0.5, 0.6) is 0 Å². The van der Waals surface area contributed by atoms with Gasteiger partial charge in [-0.15, -0.1) is 0 Å². The van der Waals surface area contributed by atoms with E-state index in [0.717, 1.165) is 38.4 Å². The van der Waals surface area contributed by atoms with E-state index in [1.54, 1.807) is 0 Å². The second kappa shape index (κ2) is 7.77. The van der Waals surface area contributed by atoms with E-state index in [1.165, 1.54) is 37.9 Å². The van der Waals surface area contributed by atoms with Crippen LogP contribution in [0.2, 0.25) is 0 Å². The van der Waals surface area contributed by atoms with Crippen molar-refractivity contribution in [2.75, 3.05) is 26.2 Å². The number of benzene rings is 1. The lowest BCUT2D eigenvalue weighted by molar-refractivity contribution is -0.132. The van der Waals surface area contributed by atoms with Gasteiger partial charge in [-0.2, -0.15) is 0 Å². The maximum absolute atomic E-state index is 12.4. The highest BCUT2D eigenvalue weighted by Crippen LogP contribution is 2.21. The number of likely N-dealkylation sites (tertiary alicyclic amines) is 2. The van der Waals surface area contributed by atoms with Crippen LogP contribution < -0.4 is 0 Å². The van der Waals surface area contributed by atoms with Crippen LogP contribution in [0, 0.1) is 0 Å². The molecule has 0 bridgehead atoms. The third-order valence-corrected chi connectivity index (χ3v) is 5.19. The summed E-state index contributed by atoms with van der Waals surface area (Å²) in [6, 6.07) is 11.1. The molecule has 0 saturated carbocycles. The van der Waals surface area contributed by atoms with Crippen molar-refractivity contribution in [1.29, 1.82) is 0 Å². The number of amides is 1. The zero-order chi connectivity index (χ0) is 15.2. The Labute approximate surface area is 134 Å². The van der Waals surface area contributed by atoms with Crippen molar-refractivity contribution in [3.05, 3.63) is 35.9 Å². The van der Waals surface area contributed by atoms with Crippen LogP contribution in [0.3, 0.4) is 0 Å². The molecule has 22 heavy (non-hydrogen) atoms.